The molecule has 0 aliphatic carbocycles. The van der Waals surface area contributed by atoms with E-state index in [0.29, 0.717) is 13.0 Å². The minimum absolute atomic E-state index is 0.0397. The number of amides is 2. The smallest absolute Gasteiger partial charge is 0.287 e. The highest BCUT2D eigenvalue weighted by atomic mass is 16.5. The topological polar surface area (TPSA) is 80.6 Å². The Labute approximate surface area is 152 Å². The van der Waals surface area contributed by atoms with Crippen LogP contribution in [0.15, 0.2) is 65.5 Å². The van der Waals surface area contributed by atoms with Gasteiger partial charge in [-0.15, -0.1) is 0 Å². The molecule has 0 spiro atoms. The average molecular weight is 354 g/mol. The number of benzene rings is 1. The number of nitrogens with one attached hydrogen (secondary N) is 2. The van der Waals surface area contributed by atoms with E-state index in [0.717, 1.165) is 18.4 Å². The summed E-state index contributed by atoms with van der Waals surface area (Å²) in [6.07, 6.45) is 7.20. The molecule has 0 unspecified atom stereocenters. The lowest BCUT2D eigenvalue weighted by atomic mass is 10.0. The summed E-state index contributed by atoms with van der Waals surface area (Å²) in [6, 6.07) is 12.1. The molecule has 2 amide bonds. The van der Waals surface area contributed by atoms with Crippen molar-refractivity contribution in [3.63, 3.8) is 0 Å². The van der Waals surface area contributed by atoms with Crippen LogP contribution in [0.1, 0.15) is 29.0 Å². The van der Waals surface area contributed by atoms with Gasteiger partial charge < -0.3 is 19.8 Å². The van der Waals surface area contributed by atoms with Crippen molar-refractivity contribution < 1.29 is 18.7 Å². The zero-order valence-corrected chi connectivity index (χ0v) is 14.4. The van der Waals surface area contributed by atoms with Gasteiger partial charge in [0, 0.05) is 6.42 Å². The molecular weight excluding hydrogens is 332 g/mol. The van der Waals surface area contributed by atoms with Crippen LogP contribution < -0.4 is 10.6 Å². The molecule has 0 saturated heterocycles. The van der Waals surface area contributed by atoms with Crippen LogP contribution in [0.5, 0.6) is 0 Å². The maximum Gasteiger partial charge on any atom is 0.287 e. The number of carbonyl (C=O) groups excluding carboxylic acids is 2. The zero-order valence-electron chi connectivity index (χ0n) is 14.4. The van der Waals surface area contributed by atoms with Crippen molar-refractivity contribution in [2.45, 2.75) is 31.4 Å². The maximum absolute atomic E-state index is 12.7. The number of rotatable bonds is 7. The fourth-order valence-electron chi connectivity index (χ4n) is 2.77. The quantitative estimate of drug-likeness (QED) is 0.800. The molecule has 2 heterocycles. The predicted molar refractivity (Wildman–Crippen MR) is 96.4 cm³/mol. The van der Waals surface area contributed by atoms with E-state index in [4.69, 9.17) is 9.15 Å². The lowest BCUT2D eigenvalue weighted by molar-refractivity contribution is -0.123. The zero-order chi connectivity index (χ0) is 18.2. The van der Waals surface area contributed by atoms with E-state index in [2.05, 4.69) is 10.6 Å². The van der Waals surface area contributed by atoms with Gasteiger partial charge >= 0.3 is 0 Å². The molecular formula is C20H22N2O4. The Hall–Kier alpha value is -3.02. The molecule has 1 aliphatic heterocycles. The Kier molecular flexibility index (Phi) is 6.09. The first-order valence-corrected chi connectivity index (χ1v) is 8.69. The third-order valence-electron chi connectivity index (χ3n) is 4.18. The molecule has 2 aromatic rings. The van der Waals surface area contributed by atoms with Crippen molar-refractivity contribution in [2.75, 3.05) is 6.54 Å². The Morgan fingerprint density at radius 1 is 1.15 bits per heavy atom. The number of ether oxygens (including phenoxy) is 1. The SMILES string of the molecule is O=C(N[C@@H](Cc1ccccc1)C(=O)NC[C@@H]1CCC=CO1)c1ccco1. The maximum atomic E-state index is 12.7. The van der Waals surface area contributed by atoms with E-state index < -0.39 is 11.9 Å². The molecule has 26 heavy (non-hydrogen) atoms. The lowest BCUT2D eigenvalue weighted by Gasteiger charge is -2.22. The Bertz CT molecular complexity index is 740. The van der Waals surface area contributed by atoms with E-state index in [9.17, 15) is 9.59 Å². The van der Waals surface area contributed by atoms with Gasteiger partial charge in [0.15, 0.2) is 5.76 Å². The van der Waals surface area contributed by atoms with Crippen molar-refractivity contribution in [3.05, 3.63) is 72.4 Å². The van der Waals surface area contributed by atoms with Crippen LogP contribution in [0.4, 0.5) is 0 Å². The fourth-order valence-corrected chi connectivity index (χ4v) is 2.77. The normalized spacial score (nSPS) is 17.2. The average Bonchev–Trinajstić information content (AvgIpc) is 3.22. The van der Waals surface area contributed by atoms with Crippen molar-refractivity contribution in [2.24, 2.45) is 0 Å². The van der Waals surface area contributed by atoms with Crippen LogP contribution >= 0.6 is 0 Å². The van der Waals surface area contributed by atoms with Crippen LogP contribution in [0.2, 0.25) is 0 Å². The second kappa shape index (κ2) is 8.89. The second-order valence-corrected chi connectivity index (χ2v) is 6.15. The molecule has 2 N–H and O–H groups in total. The number of hydrogen-bond donors (Lipinski definition) is 2. The van der Waals surface area contributed by atoms with E-state index >= 15 is 0 Å². The predicted octanol–water partition coefficient (Wildman–Crippen LogP) is 2.43. The first kappa shape index (κ1) is 17.8. The number of furan rings is 1. The van der Waals surface area contributed by atoms with Crippen molar-refractivity contribution in [1.29, 1.82) is 0 Å². The van der Waals surface area contributed by atoms with E-state index in [1.807, 2.05) is 36.4 Å². The summed E-state index contributed by atoms with van der Waals surface area (Å²) in [6.45, 7) is 0.408. The van der Waals surface area contributed by atoms with Gasteiger partial charge in [-0.25, -0.2) is 0 Å². The number of allylic oxidation sites excluding steroid dienone is 1. The molecule has 6 heteroatoms. The Balaban J connectivity index is 1.63. The molecule has 1 aliphatic rings. The standard InChI is InChI=1S/C20H22N2O4/c23-19(21-14-16-9-4-5-11-25-16)17(13-15-7-2-1-3-8-15)22-20(24)18-10-6-12-26-18/h1-3,5-8,10-12,16-17H,4,9,13-14H2,(H,21,23)(H,22,24)/t16-,17-/m0/s1. The summed E-state index contributed by atoms with van der Waals surface area (Å²) in [5.74, 6) is -0.480. The summed E-state index contributed by atoms with van der Waals surface area (Å²) in [5.41, 5.74) is 0.962. The van der Waals surface area contributed by atoms with Crippen LogP contribution in [-0.2, 0) is 16.0 Å². The molecule has 2 atom stereocenters. The summed E-state index contributed by atoms with van der Waals surface area (Å²) in [5, 5.41) is 5.64. The molecule has 0 saturated carbocycles. The highest BCUT2D eigenvalue weighted by molar-refractivity contribution is 5.95. The lowest BCUT2D eigenvalue weighted by Crippen LogP contribution is -2.49. The Morgan fingerprint density at radius 2 is 2.00 bits per heavy atom. The molecule has 0 radical (unpaired) electrons. The molecule has 136 valence electrons. The minimum atomic E-state index is -0.700. The van der Waals surface area contributed by atoms with Gasteiger partial charge in [-0.3, -0.25) is 9.59 Å². The molecule has 1 aromatic carbocycles. The molecule has 6 nitrogen and oxygen atoms in total. The van der Waals surface area contributed by atoms with Gasteiger partial charge in [-0.2, -0.15) is 0 Å². The van der Waals surface area contributed by atoms with Crippen LogP contribution in [0.25, 0.3) is 0 Å². The van der Waals surface area contributed by atoms with Crippen LogP contribution in [0.3, 0.4) is 0 Å². The van der Waals surface area contributed by atoms with Crippen molar-refractivity contribution in [1.82, 2.24) is 10.6 Å². The molecule has 0 fully saturated rings. The summed E-state index contributed by atoms with van der Waals surface area (Å²) in [4.78, 5) is 25.0. The van der Waals surface area contributed by atoms with Gasteiger partial charge in [0.2, 0.25) is 5.91 Å². The number of carbonyl (C=O) groups is 2. The van der Waals surface area contributed by atoms with E-state index in [1.165, 1.54) is 6.26 Å². The van der Waals surface area contributed by atoms with Gasteiger partial charge in [0.05, 0.1) is 19.1 Å². The highest BCUT2D eigenvalue weighted by Crippen LogP contribution is 2.10. The van der Waals surface area contributed by atoms with Gasteiger partial charge in [-0.05, 0) is 36.6 Å². The van der Waals surface area contributed by atoms with Gasteiger partial charge in [-0.1, -0.05) is 30.3 Å². The van der Waals surface area contributed by atoms with E-state index in [1.54, 1.807) is 18.4 Å². The first-order chi connectivity index (χ1) is 12.7. The Morgan fingerprint density at radius 3 is 2.69 bits per heavy atom. The summed E-state index contributed by atoms with van der Waals surface area (Å²) < 4.78 is 10.6. The highest BCUT2D eigenvalue weighted by Gasteiger charge is 2.24. The third kappa shape index (κ3) is 4.99. The van der Waals surface area contributed by atoms with Crippen LogP contribution in [0, 0.1) is 0 Å². The minimum Gasteiger partial charge on any atom is -0.497 e. The first-order valence-electron chi connectivity index (χ1n) is 8.69. The summed E-state index contributed by atoms with van der Waals surface area (Å²) in [7, 11) is 0. The molecule has 3 rings (SSSR count). The third-order valence-corrected chi connectivity index (χ3v) is 4.18. The van der Waals surface area contributed by atoms with Crippen molar-refractivity contribution in [3.8, 4) is 0 Å². The van der Waals surface area contributed by atoms with Crippen molar-refractivity contribution >= 4 is 11.8 Å². The fraction of sp³-hybridized carbons (Fsp3) is 0.300. The summed E-state index contributed by atoms with van der Waals surface area (Å²) >= 11 is 0. The van der Waals surface area contributed by atoms with E-state index in [-0.39, 0.29) is 17.8 Å². The second-order valence-electron chi connectivity index (χ2n) is 6.15. The van der Waals surface area contributed by atoms with Crippen LogP contribution in [-0.4, -0.2) is 30.5 Å². The monoisotopic (exact) mass is 354 g/mol. The van der Waals surface area contributed by atoms with Gasteiger partial charge in [0.25, 0.3) is 5.91 Å². The largest absolute Gasteiger partial charge is 0.497 e. The van der Waals surface area contributed by atoms with Gasteiger partial charge in [0.1, 0.15) is 12.1 Å². The number of hydrogen-bond acceptors (Lipinski definition) is 4. The molecule has 0 bridgehead atoms. The molecule has 1 aromatic heterocycles.